The van der Waals surface area contributed by atoms with E-state index in [1.54, 1.807) is 4.90 Å². The Kier molecular flexibility index (Phi) is 5.38. The highest BCUT2D eigenvalue weighted by Gasteiger charge is 2.33. The number of benzene rings is 2. The molecule has 1 amide bonds. The first kappa shape index (κ1) is 18.1. The number of amides is 1. The summed E-state index contributed by atoms with van der Waals surface area (Å²) in [5.41, 5.74) is 4.40. The summed E-state index contributed by atoms with van der Waals surface area (Å²) in [7, 11) is 0. The van der Waals surface area contributed by atoms with Gasteiger partial charge in [-0.3, -0.25) is 14.5 Å². The standard InChI is InChI=1S/C21H24N2O3/c1-14(2)18-5-3-4-6-19(18)15-7-9-17(10-8-15)22-21(26)16-11-23(12-16)13-20(24)25/h3-10,14,16H,11-13H2,1-2H3,(H,22,26)(H,24,25). The van der Waals surface area contributed by atoms with Gasteiger partial charge in [0.15, 0.2) is 0 Å². The zero-order chi connectivity index (χ0) is 18.7. The number of hydrogen-bond donors (Lipinski definition) is 2. The van der Waals surface area contributed by atoms with E-state index in [-0.39, 0.29) is 18.4 Å². The van der Waals surface area contributed by atoms with Crippen LogP contribution < -0.4 is 5.32 Å². The van der Waals surface area contributed by atoms with Crippen LogP contribution in [0.2, 0.25) is 0 Å². The highest BCUT2D eigenvalue weighted by atomic mass is 16.4. The van der Waals surface area contributed by atoms with Crippen LogP contribution >= 0.6 is 0 Å². The Morgan fingerprint density at radius 1 is 1.12 bits per heavy atom. The van der Waals surface area contributed by atoms with Gasteiger partial charge in [0.1, 0.15) is 0 Å². The zero-order valence-corrected chi connectivity index (χ0v) is 15.1. The van der Waals surface area contributed by atoms with E-state index in [4.69, 9.17) is 5.11 Å². The highest BCUT2D eigenvalue weighted by molar-refractivity contribution is 5.93. The van der Waals surface area contributed by atoms with Crippen LogP contribution in [0.5, 0.6) is 0 Å². The minimum Gasteiger partial charge on any atom is -0.480 e. The maximum atomic E-state index is 12.2. The molecular formula is C21H24N2O3. The maximum Gasteiger partial charge on any atom is 0.317 e. The van der Waals surface area contributed by atoms with Gasteiger partial charge in [0.2, 0.25) is 5.91 Å². The molecule has 2 aromatic rings. The van der Waals surface area contributed by atoms with E-state index in [1.807, 2.05) is 30.3 Å². The van der Waals surface area contributed by atoms with Crippen LogP contribution in [0.1, 0.15) is 25.3 Å². The summed E-state index contributed by atoms with van der Waals surface area (Å²) in [6.45, 7) is 5.35. The minimum atomic E-state index is -0.860. The Bertz CT molecular complexity index is 793. The summed E-state index contributed by atoms with van der Waals surface area (Å²) >= 11 is 0. The molecule has 0 aliphatic carbocycles. The third-order valence-corrected chi connectivity index (χ3v) is 4.73. The summed E-state index contributed by atoms with van der Waals surface area (Å²) in [4.78, 5) is 24.6. The van der Waals surface area contributed by atoms with Gasteiger partial charge in [0.25, 0.3) is 0 Å². The molecule has 2 aromatic carbocycles. The molecule has 0 aromatic heterocycles. The van der Waals surface area contributed by atoms with E-state index in [9.17, 15) is 9.59 Å². The second-order valence-corrected chi connectivity index (χ2v) is 7.09. The van der Waals surface area contributed by atoms with Crippen molar-refractivity contribution in [2.24, 2.45) is 5.92 Å². The normalized spacial score (nSPS) is 14.9. The van der Waals surface area contributed by atoms with Crippen molar-refractivity contribution in [1.29, 1.82) is 0 Å². The molecule has 0 radical (unpaired) electrons. The van der Waals surface area contributed by atoms with Crippen molar-refractivity contribution in [3.63, 3.8) is 0 Å². The van der Waals surface area contributed by atoms with Gasteiger partial charge in [-0.15, -0.1) is 0 Å². The van der Waals surface area contributed by atoms with Crippen molar-refractivity contribution in [3.8, 4) is 11.1 Å². The van der Waals surface area contributed by atoms with Gasteiger partial charge >= 0.3 is 5.97 Å². The third kappa shape index (κ3) is 4.11. The minimum absolute atomic E-state index is 0.00621. The lowest BCUT2D eigenvalue weighted by Gasteiger charge is -2.36. The number of nitrogens with zero attached hydrogens (tertiary/aromatic N) is 1. The predicted octanol–water partition coefficient (Wildman–Crippen LogP) is 3.43. The summed E-state index contributed by atoms with van der Waals surface area (Å²) in [6, 6.07) is 16.2. The largest absolute Gasteiger partial charge is 0.480 e. The van der Waals surface area contributed by atoms with Crippen LogP contribution in [-0.4, -0.2) is 41.5 Å². The summed E-state index contributed by atoms with van der Waals surface area (Å²) in [5.74, 6) is -0.614. The molecule has 5 heteroatoms. The van der Waals surface area contributed by atoms with E-state index in [0.29, 0.717) is 19.0 Å². The number of carbonyl (C=O) groups is 2. The molecule has 26 heavy (non-hydrogen) atoms. The molecule has 0 spiro atoms. The molecule has 0 unspecified atom stereocenters. The molecule has 0 saturated carbocycles. The van der Waals surface area contributed by atoms with E-state index in [1.165, 1.54) is 11.1 Å². The van der Waals surface area contributed by atoms with Gasteiger partial charge in [-0.2, -0.15) is 0 Å². The van der Waals surface area contributed by atoms with Crippen molar-refractivity contribution >= 4 is 17.6 Å². The number of carboxylic acid groups (broad SMARTS) is 1. The fourth-order valence-electron chi connectivity index (χ4n) is 3.30. The van der Waals surface area contributed by atoms with Crippen molar-refractivity contribution in [1.82, 2.24) is 4.90 Å². The first-order chi connectivity index (χ1) is 12.4. The third-order valence-electron chi connectivity index (χ3n) is 4.73. The van der Waals surface area contributed by atoms with E-state index in [2.05, 4.69) is 37.4 Å². The van der Waals surface area contributed by atoms with Crippen molar-refractivity contribution < 1.29 is 14.7 Å². The van der Waals surface area contributed by atoms with Crippen LogP contribution in [0.3, 0.4) is 0 Å². The Morgan fingerprint density at radius 3 is 2.38 bits per heavy atom. The van der Waals surface area contributed by atoms with Gasteiger partial charge in [-0.05, 0) is 34.7 Å². The number of carboxylic acids is 1. The lowest BCUT2D eigenvalue weighted by atomic mass is 9.92. The van der Waals surface area contributed by atoms with Gasteiger partial charge < -0.3 is 10.4 Å². The molecule has 0 bridgehead atoms. The molecule has 0 atom stereocenters. The van der Waals surface area contributed by atoms with Gasteiger partial charge in [0, 0.05) is 18.8 Å². The van der Waals surface area contributed by atoms with Crippen LogP contribution in [0, 0.1) is 5.92 Å². The maximum absolute atomic E-state index is 12.2. The lowest BCUT2D eigenvalue weighted by Crippen LogP contribution is -2.53. The smallest absolute Gasteiger partial charge is 0.317 e. The van der Waals surface area contributed by atoms with Crippen molar-refractivity contribution in [3.05, 3.63) is 54.1 Å². The first-order valence-electron chi connectivity index (χ1n) is 8.88. The molecular weight excluding hydrogens is 328 g/mol. The van der Waals surface area contributed by atoms with Crippen LogP contribution in [0.4, 0.5) is 5.69 Å². The molecule has 1 heterocycles. The molecule has 5 nitrogen and oxygen atoms in total. The second-order valence-electron chi connectivity index (χ2n) is 7.09. The number of anilines is 1. The monoisotopic (exact) mass is 352 g/mol. The van der Waals surface area contributed by atoms with E-state index in [0.717, 1.165) is 11.3 Å². The number of carbonyl (C=O) groups excluding carboxylic acids is 1. The Morgan fingerprint density at radius 2 is 1.77 bits per heavy atom. The zero-order valence-electron chi connectivity index (χ0n) is 15.1. The lowest BCUT2D eigenvalue weighted by molar-refractivity contribution is -0.142. The number of aliphatic carboxylic acids is 1. The molecule has 1 aliphatic heterocycles. The summed E-state index contributed by atoms with van der Waals surface area (Å²) < 4.78 is 0. The SMILES string of the molecule is CC(C)c1ccccc1-c1ccc(NC(=O)C2CN(CC(=O)O)C2)cc1. The van der Waals surface area contributed by atoms with Gasteiger partial charge in [-0.1, -0.05) is 50.2 Å². The molecule has 2 N–H and O–H groups in total. The Labute approximate surface area is 153 Å². The van der Waals surface area contributed by atoms with Gasteiger partial charge in [0.05, 0.1) is 12.5 Å². The Balaban J connectivity index is 1.62. The quantitative estimate of drug-likeness (QED) is 0.836. The highest BCUT2D eigenvalue weighted by Crippen LogP contribution is 2.30. The van der Waals surface area contributed by atoms with Gasteiger partial charge in [-0.25, -0.2) is 0 Å². The molecule has 1 fully saturated rings. The van der Waals surface area contributed by atoms with E-state index >= 15 is 0 Å². The number of likely N-dealkylation sites (tertiary alicyclic amines) is 1. The fourth-order valence-corrected chi connectivity index (χ4v) is 3.30. The van der Waals surface area contributed by atoms with Crippen molar-refractivity contribution in [2.75, 3.05) is 25.0 Å². The number of nitrogens with one attached hydrogen (secondary N) is 1. The average molecular weight is 352 g/mol. The molecule has 3 rings (SSSR count). The summed E-state index contributed by atoms with van der Waals surface area (Å²) in [5, 5.41) is 11.7. The first-order valence-corrected chi connectivity index (χ1v) is 8.88. The van der Waals surface area contributed by atoms with E-state index < -0.39 is 5.97 Å². The predicted molar refractivity (Wildman–Crippen MR) is 102 cm³/mol. The molecule has 136 valence electrons. The molecule has 1 aliphatic rings. The number of hydrogen-bond acceptors (Lipinski definition) is 3. The second kappa shape index (κ2) is 7.70. The van der Waals surface area contributed by atoms with Crippen LogP contribution in [0.15, 0.2) is 48.5 Å². The molecule has 1 saturated heterocycles. The van der Waals surface area contributed by atoms with Crippen LogP contribution in [-0.2, 0) is 9.59 Å². The fraction of sp³-hybridized carbons (Fsp3) is 0.333. The topological polar surface area (TPSA) is 69.6 Å². The van der Waals surface area contributed by atoms with Crippen molar-refractivity contribution in [2.45, 2.75) is 19.8 Å². The number of rotatable bonds is 6. The summed E-state index contributed by atoms with van der Waals surface area (Å²) in [6.07, 6.45) is 0. The van der Waals surface area contributed by atoms with Crippen LogP contribution in [0.25, 0.3) is 11.1 Å². The average Bonchev–Trinajstić information content (AvgIpc) is 2.58. The Hall–Kier alpha value is -2.66.